The van der Waals surface area contributed by atoms with E-state index < -0.39 is 0 Å². The number of hydrogen-bond acceptors (Lipinski definition) is 4. The van der Waals surface area contributed by atoms with Crippen LogP contribution in [0.25, 0.3) is 0 Å². The zero-order chi connectivity index (χ0) is 11.3. The summed E-state index contributed by atoms with van der Waals surface area (Å²) < 4.78 is 5.54. The number of rotatable bonds is 6. The lowest BCUT2D eigenvalue weighted by Gasteiger charge is -2.41. The molecule has 0 aromatic heterocycles. The molecule has 1 rings (SSSR count). The van der Waals surface area contributed by atoms with E-state index in [4.69, 9.17) is 10.5 Å². The normalized spacial score (nSPS) is 25.8. The molecule has 0 radical (unpaired) electrons. The van der Waals surface area contributed by atoms with Gasteiger partial charge in [0.1, 0.15) is 0 Å². The van der Waals surface area contributed by atoms with Gasteiger partial charge >= 0.3 is 0 Å². The first kappa shape index (κ1) is 13.3. The number of thioether (sulfide) groups is 1. The van der Waals surface area contributed by atoms with Crippen molar-refractivity contribution in [2.75, 3.05) is 38.3 Å². The maximum Gasteiger partial charge on any atom is 0.0659 e. The van der Waals surface area contributed by atoms with Crippen LogP contribution >= 0.6 is 11.8 Å². The third kappa shape index (κ3) is 3.34. The Bertz CT molecular complexity index is 185. The monoisotopic (exact) mass is 232 g/mol. The maximum atomic E-state index is 5.89. The van der Waals surface area contributed by atoms with Crippen LogP contribution in [0.5, 0.6) is 0 Å². The first-order valence-corrected chi connectivity index (χ1v) is 6.88. The second-order valence-electron chi connectivity index (χ2n) is 4.47. The van der Waals surface area contributed by atoms with E-state index in [9.17, 15) is 0 Å². The van der Waals surface area contributed by atoms with Crippen molar-refractivity contribution in [3.63, 3.8) is 0 Å². The molecule has 0 aromatic rings. The van der Waals surface area contributed by atoms with Crippen molar-refractivity contribution >= 4 is 11.8 Å². The minimum Gasteiger partial charge on any atom is -0.380 e. The maximum absolute atomic E-state index is 5.89. The lowest BCUT2D eigenvalue weighted by atomic mass is 9.99. The lowest BCUT2D eigenvalue weighted by Crippen LogP contribution is -2.56. The minimum absolute atomic E-state index is 0.00836. The van der Waals surface area contributed by atoms with Crippen LogP contribution in [0.3, 0.4) is 0 Å². The smallest absolute Gasteiger partial charge is 0.0659 e. The average molecular weight is 232 g/mol. The van der Waals surface area contributed by atoms with Gasteiger partial charge in [0.15, 0.2) is 0 Å². The number of hydrogen-bond donors (Lipinski definition) is 1. The van der Waals surface area contributed by atoms with E-state index in [1.165, 1.54) is 17.9 Å². The van der Waals surface area contributed by atoms with Gasteiger partial charge in [0.25, 0.3) is 0 Å². The Morgan fingerprint density at radius 1 is 1.60 bits per heavy atom. The van der Waals surface area contributed by atoms with Crippen molar-refractivity contribution in [3.05, 3.63) is 0 Å². The lowest BCUT2D eigenvalue weighted by molar-refractivity contribution is 0.00752. The van der Waals surface area contributed by atoms with Crippen LogP contribution in [0.2, 0.25) is 0 Å². The standard InChI is InChI=1S/C11H24N2OS/c1-4-14-9-11(2,8-12)13(3)10-5-6-15-7-10/h10H,4-9,12H2,1-3H3. The van der Waals surface area contributed by atoms with Crippen molar-refractivity contribution in [3.8, 4) is 0 Å². The van der Waals surface area contributed by atoms with Gasteiger partial charge in [0, 0.05) is 24.9 Å². The van der Waals surface area contributed by atoms with E-state index in [-0.39, 0.29) is 5.54 Å². The molecule has 90 valence electrons. The zero-order valence-electron chi connectivity index (χ0n) is 10.2. The molecule has 1 heterocycles. The Kier molecular flexibility index (Phi) is 5.39. The summed E-state index contributed by atoms with van der Waals surface area (Å²) in [6.45, 7) is 6.39. The van der Waals surface area contributed by atoms with Crippen LogP contribution < -0.4 is 5.73 Å². The fraction of sp³-hybridized carbons (Fsp3) is 1.00. The van der Waals surface area contributed by atoms with Crippen LogP contribution in [0.15, 0.2) is 0 Å². The highest BCUT2D eigenvalue weighted by molar-refractivity contribution is 7.99. The van der Waals surface area contributed by atoms with E-state index in [1.807, 2.05) is 18.7 Å². The molecule has 2 N–H and O–H groups in total. The SMILES string of the molecule is CCOCC(C)(CN)N(C)C1CCSC1. The van der Waals surface area contributed by atoms with Gasteiger partial charge in [-0.3, -0.25) is 4.90 Å². The fourth-order valence-electron chi connectivity index (χ4n) is 1.89. The average Bonchev–Trinajstić information content (AvgIpc) is 2.78. The van der Waals surface area contributed by atoms with Crippen molar-refractivity contribution < 1.29 is 4.74 Å². The van der Waals surface area contributed by atoms with Crippen LogP contribution in [-0.4, -0.2) is 54.8 Å². The topological polar surface area (TPSA) is 38.5 Å². The van der Waals surface area contributed by atoms with Crippen molar-refractivity contribution in [1.29, 1.82) is 0 Å². The predicted octanol–water partition coefficient (Wildman–Crippen LogP) is 1.18. The van der Waals surface area contributed by atoms with Gasteiger partial charge in [-0.25, -0.2) is 0 Å². The predicted molar refractivity (Wildman–Crippen MR) is 67.4 cm³/mol. The summed E-state index contributed by atoms with van der Waals surface area (Å²) in [6.07, 6.45) is 1.28. The molecule has 15 heavy (non-hydrogen) atoms. The van der Waals surface area contributed by atoms with Crippen molar-refractivity contribution in [2.24, 2.45) is 5.73 Å². The summed E-state index contributed by atoms with van der Waals surface area (Å²) in [5.41, 5.74) is 5.88. The van der Waals surface area contributed by atoms with Gasteiger partial charge in [0.2, 0.25) is 0 Å². The third-order valence-corrected chi connectivity index (χ3v) is 4.51. The van der Waals surface area contributed by atoms with E-state index in [0.717, 1.165) is 13.2 Å². The van der Waals surface area contributed by atoms with Crippen molar-refractivity contribution in [1.82, 2.24) is 4.90 Å². The summed E-state index contributed by atoms with van der Waals surface area (Å²) in [7, 11) is 2.18. The summed E-state index contributed by atoms with van der Waals surface area (Å²) in [6, 6.07) is 0.670. The highest BCUT2D eigenvalue weighted by Crippen LogP contribution is 2.26. The molecule has 0 bridgehead atoms. The molecule has 0 aromatic carbocycles. The molecule has 0 saturated carbocycles. The second-order valence-corrected chi connectivity index (χ2v) is 5.62. The van der Waals surface area contributed by atoms with E-state index >= 15 is 0 Å². The molecular formula is C11H24N2OS. The van der Waals surface area contributed by atoms with Gasteiger partial charge in [-0.2, -0.15) is 11.8 Å². The summed E-state index contributed by atoms with van der Waals surface area (Å²) >= 11 is 2.04. The van der Waals surface area contributed by atoms with Crippen LogP contribution in [0, 0.1) is 0 Å². The Morgan fingerprint density at radius 3 is 2.80 bits per heavy atom. The second kappa shape index (κ2) is 6.09. The van der Waals surface area contributed by atoms with Crippen molar-refractivity contribution in [2.45, 2.75) is 31.8 Å². The van der Waals surface area contributed by atoms with Gasteiger partial charge in [-0.15, -0.1) is 0 Å². The largest absolute Gasteiger partial charge is 0.380 e. The molecule has 1 aliphatic rings. The molecular weight excluding hydrogens is 208 g/mol. The molecule has 4 heteroatoms. The first-order chi connectivity index (χ1) is 7.14. The zero-order valence-corrected chi connectivity index (χ0v) is 11.0. The molecule has 1 saturated heterocycles. The van der Waals surface area contributed by atoms with Gasteiger partial charge in [-0.05, 0) is 33.1 Å². The van der Waals surface area contributed by atoms with Gasteiger partial charge in [0.05, 0.1) is 12.1 Å². The fourth-order valence-corrected chi connectivity index (χ4v) is 3.16. The molecule has 1 fully saturated rings. The molecule has 0 spiro atoms. The van der Waals surface area contributed by atoms with Crippen LogP contribution in [-0.2, 0) is 4.74 Å². The summed E-state index contributed by atoms with van der Waals surface area (Å²) in [5.74, 6) is 2.52. The van der Waals surface area contributed by atoms with Crippen LogP contribution in [0.1, 0.15) is 20.3 Å². The number of nitrogens with two attached hydrogens (primary N) is 1. The van der Waals surface area contributed by atoms with E-state index in [2.05, 4.69) is 18.9 Å². The molecule has 3 nitrogen and oxygen atoms in total. The third-order valence-electron chi connectivity index (χ3n) is 3.36. The number of ether oxygens (including phenoxy) is 1. The highest BCUT2D eigenvalue weighted by Gasteiger charge is 2.34. The Labute approximate surface area is 97.7 Å². The summed E-state index contributed by atoms with van der Waals surface area (Å²) in [4.78, 5) is 2.42. The number of likely N-dealkylation sites (N-methyl/N-ethyl adjacent to an activating group) is 1. The molecule has 2 atom stereocenters. The van der Waals surface area contributed by atoms with Crippen LogP contribution in [0.4, 0.5) is 0 Å². The Balaban J connectivity index is 2.53. The van der Waals surface area contributed by atoms with E-state index in [1.54, 1.807) is 0 Å². The Hall–Kier alpha value is 0.230. The van der Waals surface area contributed by atoms with E-state index in [0.29, 0.717) is 12.6 Å². The minimum atomic E-state index is -0.00836. The van der Waals surface area contributed by atoms with Gasteiger partial charge < -0.3 is 10.5 Å². The van der Waals surface area contributed by atoms with Gasteiger partial charge in [-0.1, -0.05) is 0 Å². The molecule has 1 aliphatic heterocycles. The highest BCUT2D eigenvalue weighted by atomic mass is 32.2. The first-order valence-electron chi connectivity index (χ1n) is 5.72. The number of nitrogens with zero attached hydrogens (tertiary/aromatic N) is 1. The quantitative estimate of drug-likeness (QED) is 0.746. The Morgan fingerprint density at radius 2 is 2.33 bits per heavy atom. The molecule has 2 unspecified atom stereocenters. The summed E-state index contributed by atoms with van der Waals surface area (Å²) in [5, 5.41) is 0. The molecule has 0 amide bonds. The molecule has 0 aliphatic carbocycles.